The second-order valence-electron chi connectivity index (χ2n) is 10.2. The third kappa shape index (κ3) is 6.36. The van der Waals surface area contributed by atoms with Gasteiger partial charge in [-0.15, -0.1) is 0 Å². The number of rotatable bonds is 6. The molecule has 1 unspecified atom stereocenters. The van der Waals surface area contributed by atoms with Gasteiger partial charge in [0, 0.05) is 30.0 Å². The molecule has 202 valence electrons. The van der Waals surface area contributed by atoms with Crippen LogP contribution in [0.2, 0.25) is 0 Å². The van der Waals surface area contributed by atoms with Gasteiger partial charge in [0.05, 0.1) is 18.2 Å². The normalized spacial score (nSPS) is 15.1. The number of halogens is 3. The van der Waals surface area contributed by atoms with E-state index >= 15 is 0 Å². The maximum atomic E-state index is 12.9. The Morgan fingerprint density at radius 2 is 1.74 bits per heavy atom. The van der Waals surface area contributed by atoms with Gasteiger partial charge in [0.15, 0.2) is 0 Å². The second-order valence-corrected chi connectivity index (χ2v) is 10.2. The molecule has 0 saturated carbocycles. The van der Waals surface area contributed by atoms with Crippen molar-refractivity contribution in [2.24, 2.45) is 5.92 Å². The Balaban J connectivity index is 1.41. The molecule has 0 aliphatic carbocycles. The third-order valence-electron chi connectivity index (χ3n) is 6.16. The number of aliphatic hydroxyl groups excluding tert-OH is 1. The molecule has 10 heteroatoms. The van der Waals surface area contributed by atoms with Gasteiger partial charge in [0.2, 0.25) is 0 Å². The highest BCUT2D eigenvalue weighted by molar-refractivity contribution is 6.00. The largest absolute Gasteiger partial charge is 0.457 e. The molecule has 1 aliphatic heterocycles. The summed E-state index contributed by atoms with van der Waals surface area (Å²) in [6.07, 6.45) is -4.86. The first-order chi connectivity index (χ1) is 17.8. The smallest absolute Gasteiger partial charge is 0.416 e. The lowest BCUT2D eigenvalue weighted by Crippen LogP contribution is -2.60. The van der Waals surface area contributed by atoms with Crippen molar-refractivity contribution in [3.05, 3.63) is 71.8 Å². The fourth-order valence-corrected chi connectivity index (χ4v) is 4.13. The third-order valence-corrected chi connectivity index (χ3v) is 6.16. The Morgan fingerprint density at radius 1 is 1.05 bits per heavy atom. The molecule has 2 amide bonds. The Bertz CT molecular complexity index is 1310. The lowest BCUT2D eigenvalue weighted by Gasteiger charge is -2.43. The molecule has 1 fully saturated rings. The Kier molecular flexibility index (Phi) is 7.55. The van der Waals surface area contributed by atoms with Crippen LogP contribution >= 0.6 is 0 Å². The zero-order valence-electron chi connectivity index (χ0n) is 21.2. The quantitative estimate of drug-likeness (QED) is 0.433. The zero-order chi connectivity index (χ0) is 27.7. The van der Waals surface area contributed by atoms with E-state index in [1.165, 1.54) is 17.0 Å². The van der Waals surface area contributed by atoms with Crippen LogP contribution in [-0.4, -0.2) is 53.3 Å². The van der Waals surface area contributed by atoms with Crippen molar-refractivity contribution in [1.82, 2.24) is 10.2 Å². The Hall–Kier alpha value is -3.79. The topological polar surface area (TPSA) is 88.1 Å². The molecule has 1 aliphatic rings. The number of hydrogen-bond donors (Lipinski definition) is 2. The average molecular weight is 531 g/mol. The number of carbonyl (C=O) groups is 2. The van der Waals surface area contributed by atoms with Gasteiger partial charge >= 0.3 is 12.3 Å². The maximum Gasteiger partial charge on any atom is 0.416 e. The van der Waals surface area contributed by atoms with Gasteiger partial charge in [-0.05, 0) is 74.7 Å². The molecular formula is C28H29F3N2O5. The van der Waals surface area contributed by atoms with E-state index in [1.54, 1.807) is 57.2 Å². The Labute approximate surface area is 218 Å². The number of nitrogens with one attached hydrogen (secondary N) is 1. The first kappa shape index (κ1) is 27.3. The summed E-state index contributed by atoms with van der Waals surface area (Å²) in [7, 11) is 0. The minimum absolute atomic E-state index is 0.110. The molecular weight excluding hydrogens is 501 g/mol. The standard InChI is InChI=1S/C28H29F3N2O5/c1-27(2,3)38-26(36)33-14-19(15-33)23(16-34)32-25(35)18-7-12-22-17(13-18)5-4-6-24(22)37-21-10-8-20(9-11-21)28(29,30)31/h4-13,19,23,34H,14-16H2,1-3H3,(H,32,35). The number of benzene rings is 3. The summed E-state index contributed by atoms with van der Waals surface area (Å²) in [6.45, 7) is 5.80. The van der Waals surface area contributed by atoms with E-state index in [2.05, 4.69) is 5.32 Å². The maximum absolute atomic E-state index is 12.9. The van der Waals surface area contributed by atoms with Crippen molar-refractivity contribution < 1.29 is 37.3 Å². The molecule has 2 N–H and O–H groups in total. The average Bonchev–Trinajstić information content (AvgIpc) is 2.81. The summed E-state index contributed by atoms with van der Waals surface area (Å²) in [5.74, 6) is 0.189. The number of fused-ring (bicyclic) bond motifs is 1. The first-order valence-corrected chi connectivity index (χ1v) is 12.1. The molecule has 1 heterocycles. The van der Waals surface area contributed by atoms with E-state index in [4.69, 9.17) is 9.47 Å². The lowest BCUT2D eigenvalue weighted by atomic mass is 9.92. The van der Waals surface area contributed by atoms with Crippen LogP contribution in [0.25, 0.3) is 10.8 Å². The van der Waals surface area contributed by atoms with Gasteiger partial charge in [-0.2, -0.15) is 13.2 Å². The number of hydrogen-bond acceptors (Lipinski definition) is 5. The Morgan fingerprint density at radius 3 is 2.34 bits per heavy atom. The van der Waals surface area contributed by atoms with Gasteiger partial charge in [-0.25, -0.2) is 4.79 Å². The van der Waals surface area contributed by atoms with E-state index in [-0.39, 0.29) is 24.2 Å². The molecule has 0 aromatic heterocycles. The molecule has 1 saturated heterocycles. The van der Waals surface area contributed by atoms with Gasteiger partial charge in [0.1, 0.15) is 17.1 Å². The van der Waals surface area contributed by atoms with E-state index < -0.39 is 29.5 Å². The van der Waals surface area contributed by atoms with Crippen LogP contribution in [0, 0.1) is 5.92 Å². The van der Waals surface area contributed by atoms with Gasteiger partial charge in [-0.3, -0.25) is 4.79 Å². The molecule has 38 heavy (non-hydrogen) atoms. The van der Waals surface area contributed by atoms with E-state index in [9.17, 15) is 27.9 Å². The number of aliphatic hydroxyl groups is 1. The molecule has 1 atom stereocenters. The van der Waals surface area contributed by atoms with Crippen molar-refractivity contribution in [3.63, 3.8) is 0 Å². The van der Waals surface area contributed by atoms with Crippen molar-refractivity contribution in [2.75, 3.05) is 19.7 Å². The highest BCUT2D eigenvalue weighted by Crippen LogP contribution is 2.34. The van der Waals surface area contributed by atoms with E-state index in [0.29, 0.717) is 35.2 Å². The number of alkyl halides is 3. The van der Waals surface area contributed by atoms with E-state index in [0.717, 1.165) is 12.1 Å². The van der Waals surface area contributed by atoms with Gasteiger partial charge in [0.25, 0.3) is 5.91 Å². The van der Waals surface area contributed by atoms with Crippen LogP contribution in [0.1, 0.15) is 36.7 Å². The summed E-state index contributed by atoms with van der Waals surface area (Å²) < 4.78 is 49.6. The minimum Gasteiger partial charge on any atom is -0.457 e. The number of carbonyl (C=O) groups excluding carboxylic acids is 2. The fraction of sp³-hybridized carbons (Fsp3) is 0.357. The van der Waals surface area contributed by atoms with Crippen molar-refractivity contribution >= 4 is 22.8 Å². The zero-order valence-corrected chi connectivity index (χ0v) is 21.2. The first-order valence-electron chi connectivity index (χ1n) is 12.1. The second kappa shape index (κ2) is 10.5. The molecule has 3 aromatic carbocycles. The summed E-state index contributed by atoms with van der Waals surface area (Å²) in [5.41, 5.74) is -1.00. The summed E-state index contributed by atoms with van der Waals surface area (Å²) in [5, 5.41) is 14.1. The number of amides is 2. The molecule has 0 radical (unpaired) electrons. The van der Waals surface area contributed by atoms with Crippen LogP contribution in [0.4, 0.5) is 18.0 Å². The molecule has 4 rings (SSSR count). The number of ether oxygens (including phenoxy) is 2. The van der Waals surface area contributed by atoms with Crippen molar-refractivity contribution in [2.45, 2.75) is 38.6 Å². The van der Waals surface area contributed by atoms with Crippen molar-refractivity contribution in [3.8, 4) is 11.5 Å². The predicted molar refractivity (Wildman–Crippen MR) is 135 cm³/mol. The fourth-order valence-electron chi connectivity index (χ4n) is 4.13. The van der Waals surface area contributed by atoms with Crippen LogP contribution in [0.3, 0.4) is 0 Å². The molecule has 0 spiro atoms. The summed E-state index contributed by atoms with van der Waals surface area (Å²) >= 11 is 0. The van der Waals surface area contributed by atoms with Crippen LogP contribution < -0.4 is 10.1 Å². The van der Waals surface area contributed by atoms with Crippen LogP contribution in [0.5, 0.6) is 11.5 Å². The highest BCUT2D eigenvalue weighted by Gasteiger charge is 2.38. The van der Waals surface area contributed by atoms with E-state index in [1.807, 2.05) is 0 Å². The molecule has 0 bridgehead atoms. The van der Waals surface area contributed by atoms with Gasteiger partial charge in [-0.1, -0.05) is 12.1 Å². The molecule has 3 aromatic rings. The summed E-state index contributed by atoms with van der Waals surface area (Å²) in [4.78, 5) is 26.6. The SMILES string of the molecule is CC(C)(C)OC(=O)N1CC(C(CO)NC(=O)c2ccc3c(Oc4ccc(C(F)(F)F)cc4)cccc3c2)C1. The van der Waals surface area contributed by atoms with Crippen LogP contribution in [0.15, 0.2) is 60.7 Å². The lowest BCUT2D eigenvalue weighted by molar-refractivity contribution is -0.137. The van der Waals surface area contributed by atoms with Crippen molar-refractivity contribution in [1.29, 1.82) is 0 Å². The predicted octanol–water partition coefficient (Wildman–Crippen LogP) is 5.61. The highest BCUT2D eigenvalue weighted by atomic mass is 19.4. The number of nitrogens with zero attached hydrogens (tertiary/aromatic N) is 1. The van der Waals surface area contributed by atoms with Crippen LogP contribution in [-0.2, 0) is 10.9 Å². The summed E-state index contributed by atoms with van der Waals surface area (Å²) in [6, 6.07) is 14.1. The molecule has 7 nitrogen and oxygen atoms in total. The van der Waals surface area contributed by atoms with Gasteiger partial charge < -0.3 is 24.8 Å². The minimum atomic E-state index is -4.43. The number of likely N-dealkylation sites (tertiary alicyclic amines) is 1. The monoisotopic (exact) mass is 530 g/mol.